The van der Waals surface area contributed by atoms with Gasteiger partial charge in [-0.2, -0.15) is 0 Å². The second-order valence-electron chi connectivity index (χ2n) is 7.91. The number of pyridine rings is 1. The standard InChI is InChI=1S/C22H28N4O4/c1-22(2,3)30-21(29)26-18(14-16-9-11-24-12-10-16)20(28)25-17(19(23)27)13-15-7-5-4-6-8-15/h4-12,17-18H,13-14H2,1-3H3,(H2,23,27)(H,25,28)(H,26,29)/t17-,18-/m0/s1. The lowest BCUT2D eigenvalue weighted by molar-refractivity contribution is -0.128. The Morgan fingerprint density at radius 2 is 1.50 bits per heavy atom. The molecule has 0 bridgehead atoms. The van der Waals surface area contributed by atoms with E-state index in [9.17, 15) is 14.4 Å². The summed E-state index contributed by atoms with van der Waals surface area (Å²) in [6.07, 6.45) is 2.91. The highest BCUT2D eigenvalue weighted by molar-refractivity contribution is 5.91. The quantitative estimate of drug-likeness (QED) is 0.609. The van der Waals surface area contributed by atoms with Gasteiger partial charge in [0.1, 0.15) is 17.7 Å². The predicted octanol–water partition coefficient (Wildman–Crippen LogP) is 1.73. The first-order chi connectivity index (χ1) is 14.1. The molecular weight excluding hydrogens is 384 g/mol. The van der Waals surface area contributed by atoms with Crippen molar-refractivity contribution in [2.24, 2.45) is 5.73 Å². The van der Waals surface area contributed by atoms with E-state index < -0.39 is 35.6 Å². The summed E-state index contributed by atoms with van der Waals surface area (Å²) in [5.41, 5.74) is 6.42. The van der Waals surface area contributed by atoms with Crippen molar-refractivity contribution in [2.45, 2.75) is 51.3 Å². The molecule has 0 saturated carbocycles. The Morgan fingerprint density at radius 1 is 0.933 bits per heavy atom. The van der Waals surface area contributed by atoms with Crippen molar-refractivity contribution < 1.29 is 19.1 Å². The number of benzene rings is 1. The fourth-order valence-electron chi connectivity index (χ4n) is 2.76. The molecule has 2 rings (SSSR count). The summed E-state index contributed by atoms with van der Waals surface area (Å²) in [5, 5.41) is 5.24. The van der Waals surface area contributed by atoms with Gasteiger partial charge in [0, 0.05) is 25.2 Å². The predicted molar refractivity (Wildman–Crippen MR) is 112 cm³/mol. The Labute approximate surface area is 176 Å². The SMILES string of the molecule is CC(C)(C)OC(=O)N[C@@H](Cc1ccncc1)C(=O)N[C@@H](Cc1ccccc1)C(N)=O. The molecular formula is C22H28N4O4. The molecule has 8 nitrogen and oxygen atoms in total. The number of carbonyl (C=O) groups is 3. The van der Waals surface area contributed by atoms with Crippen LogP contribution in [0.25, 0.3) is 0 Å². The second-order valence-corrected chi connectivity index (χ2v) is 7.91. The van der Waals surface area contributed by atoms with E-state index in [0.29, 0.717) is 0 Å². The maximum Gasteiger partial charge on any atom is 0.408 e. The number of carbonyl (C=O) groups excluding carboxylic acids is 3. The zero-order valence-electron chi connectivity index (χ0n) is 17.4. The van der Waals surface area contributed by atoms with Gasteiger partial charge in [0.05, 0.1) is 0 Å². The first kappa shape index (κ1) is 22.9. The Bertz CT molecular complexity index is 850. The highest BCUT2D eigenvalue weighted by Crippen LogP contribution is 2.09. The molecule has 0 aliphatic heterocycles. The van der Waals surface area contributed by atoms with E-state index in [1.165, 1.54) is 0 Å². The molecule has 0 unspecified atom stereocenters. The normalized spacial score (nSPS) is 13.0. The van der Waals surface area contributed by atoms with E-state index in [2.05, 4.69) is 15.6 Å². The summed E-state index contributed by atoms with van der Waals surface area (Å²) in [6.45, 7) is 5.19. The largest absolute Gasteiger partial charge is 0.444 e. The van der Waals surface area contributed by atoms with E-state index in [0.717, 1.165) is 11.1 Å². The third kappa shape index (κ3) is 7.90. The molecule has 30 heavy (non-hydrogen) atoms. The maximum absolute atomic E-state index is 12.9. The first-order valence-corrected chi connectivity index (χ1v) is 9.66. The molecule has 1 aromatic heterocycles. The van der Waals surface area contributed by atoms with Crippen LogP contribution in [-0.2, 0) is 27.2 Å². The Kier molecular flexibility index (Phi) is 7.91. The van der Waals surface area contributed by atoms with E-state index in [1.54, 1.807) is 45.3 Å². The molecule has 160 valence electrons. The number of nitrogens with one attached hydrogen (secondary N) is 2. The van der Waals surface area contributed by atoms with Gasteiger partial charge in [-0.05, 0) is 44.0 Å². The van der Waals surface area contributed by atoms with Crippen molar-refractivity contribution in [2.75, 3.05) is 0 Å². The Hall–Kier alpha value is -3.42. The zero-order chi connectivity index (χ0) is 22.1. The number of hydrogen-bond acceptors (Lipinski definition) is 5. The number of hydrogen-bond donors (Lipinski definition) is 3. The summed E-state index contributed by atoms with van der Waals surface area (Å²) < 4.78 is 5.27. The number of nitrogens with two attached hydrogens (primary N) is 1. The number of aromatic nitrogens is 1. The van der Waals surface area contributed by atoms with E-state index in [4.69, 9.17) is 10.5 Å². The molecule has 0 aliphatic carbocycles. The summed E-state index contributed by atoms with van der Waals surface area (Å²) in [4.78, 5) is 41.1. The number of primary amides is 1. The van der Waals surface area contributed by atoms with Crippen molar-refractivity contribution >= 4 is 17.9 Å². The number of amides is 3. The molecule has 1 heterocycles. The number of rotatable bonds is 8. The topological polar surface area (TPSA) is 123 Å². The number of nitrogens with zero attached hydrogens (tertiary/aromatic N) is 1. The van der Waals surface area contributed by atoms with Crippen LogP contribution in [0.15, 0.2) is 54.9 Å². The van der Waals surface area contributed by atoms with Crippen LogP contribution in [0.5, 0.6) is 0 Å². The molecule has 2 atom stereocenters. The van der Waals surface area contributed by atoms with Crippen LogP contribution in [0.4, 0.5) is 4.79 Å². The third-order valence-corrected chi connectivity index (χ3v) is 4.14. The molecule has 1 aromatic carbocycles. The Morgan fingerprint density at radius 3 is 2.07 bits per heavy atom. The minimum atomic E-state index is -0.958. The smallest absolute Gasteiger partial charge is 0.408 e. The fraction of sp³-hybridized carbons (Fsp3) is 0.364. The molecule has 0 spiro atoms. The number of ether oxygens (including phenoxy) is 1. The monoisotopic (exact) mass is 412 g/mol. The van der Waals surface area contributed by atoms with Gasteiger partial charge in [-0.25, -0.2) is 4.79 Å². The van der Waals surface area contributed by atoms with Crippen LogP contribution >= 0.6 is 0 Å². The van der Waals surface area contributed by atoms with Crippen LogP contribution in [-0.4, -0.2) is 40.6 Å². The fourth-order valence-corrected chi connectivity index (χ4v) is 2.76. The maximum atomic E-state index is 12.9. The van der Waals surface area contributed by atoms with Crippen LogP contribution in [0.1, 0.15) is 31.9 Å². The van der Waals surface area contributed by atoms with Crippen LogP contribution < -0.4 is 16.4 Å². The molecule has 3 amide bonds. The molecule has 0 fully saturated rings. The van der Waals surface area contributed by atoms with Crippen molar-refractivity contribution in [3.05, 3.63) is 66.0 Å². The second kappa shape index (κ2) is 10.4. The van der Waals surface area contributed by atoms with Crippen LogP contribution in [0, 0.1) is 0 Å². The molecule has 2 aromatic rings. The summed E-state index contributed by atoms with van der Waals surface area (Å²) in [5.74, 6) is -1.19. The minimum Gasteiger partial charge on any atom is -0.444 e. The van der Waals surface area contributed by atoms with Gasteiger partial charge in [-0.15, -0.1) is 0 Å². The van der Waals surface area contributed by atoms with Gasteiger partial charge in [-0.1, -0.05) is 30.3 Å². The van der Waals surface area contributed by atoms with Gasteiger partial charge >= 0.3 is 6.09 Å². The Balaban J connectivity index is 2.14. The van der Waals surface area contributed by atoms with Crippen molar-refractivity contribution in [3.63, 3.8) is 0 Å². The first-order valence-electron chi connectivity index (χ1n) is 9.66. The van der Waals surface area contributed by atoms with Crippen molar-refractivity contribution in [3.8, 4) is 0 Å². The molecule has 0 aliphatic rings. The van der Waals surface area contributed by atoms with Crippen molar-refractivity contribution in [1.82, 2.24) is 15.6 Å². The summed E-state index contributed by atoms with van der Waals surface area (Å²) >= 11 is 0. The molecule has 4 N–H and O–H groups in total. The van der Waals surface area contributed by atoms with E-state index in [-0.39, 0.29) is 12.8 Å². The summed E-state index contributed by atoms with van der Waals surface area (Å²) in [6, 6.07) is 10.8. The average Bonchev–Trinajstić information content (AvgIpc) is 2.67. The van der Waals surface area contributed by atoms with Gasteiger partial charge in [-0.3, -0.25) is 14.6 Å². The van der Waals surface area contributed by atoms with Crippen LogP contribution in [0.3, 0.4) is 0 Å². The molecule has 8 heteroatoms. The summed E-state index contributed by atoms with van der Waals surface area (Å²) in [7, 11) is 0. The van der Waals surface area contributed by atoms with E-state index >= 15 is 0 Å². The number of alkyl carbamates (subject to hydrolysis) is 1. The zero-order valence-corrected chi connectivity index (χ0v) is 17.4. The van der Waals surface area contributed by atoms with Gasteiger partial charge in [0.25, 0.3) is 0 Å². The van der Waals surface area contributed by atoms with Crippen molar-refractivity contribution in [1.29, 1.82) is 0 Å². The third-order valence-electron chi connectivity index (χ3n) is 4.14. The van der Waals surface area contributed by atoms with Gasteiger partial charge in [0.2, 0.25) is 11.8 Å². The highest BCUT2D eigenvalue weighted by Gasteiger charge is 2.28. The lowest BCUT2D eigenvalue weighted by atomic mass is 10.0. The molecule has 0 saturated heterocycles. The van der Waals surface area contributed by atoms with Crippen LogP contribution in [0.2, 0.25) is 0 Å². The van der Waals surface area contributed by atoms with Gasteiger partial charge in [0.15, 0.2) is 0 Å². The lowest BCUT2D eigenvalue weighted by Gasteiger charge is -2.25. The minimum absolute atomic E-state index is 0.199. The highest BCUT2D eigenvalue weighted by atomic mass is 16.6. The molecule has 0 radical (unpaired) electrons. The average molecular weight is 412 g/mol. The van der Waals surface area contributed by atoms with Gasteiger partial charge < -0.3 is 21.1 Å². The van der Waals surface area contributed by atoms with E-state index in [1.807, 2.05) is 30.3 Å². The lowest BCUT2D eigenvalue weighted by Crippen LogP contribution is -2.54.